The number of methoxy groups -OCH3 is 2. The van der Waals surface area contributed by atoms with E-state index >= 15 is 0 Å². The van der Waals surface area contributed by atoms with Gasteiger partial charge in [0.25, 0.3) is 0 Å². The molecule has 0 saturated heterocycles. The van der Waals surface area contributed by atoms with Gasteiger partial charge in [0.05, 0.1) is 19.1 Å². The Kier molecular flexibility index (Phi) is 6.51. The van der Waals surface area contributed by atoms with E-state index in [-0.39, 0.29) is 29.5 Å². The predicted molar refractivity (Wildman–Crippen MR) is 76.6 cm³/mol. The molecule has 22 heavy (non-hydrogen) atoms. The van der Waals surface area contributed by atoms with Crippen LogP contribution in [0.25, 0.3) is 0 Å². The van der Waals surface area contributed by atoms with Gasteiger partial charge in [-0.3, -0.25) is 14.9 Å². The van der Waals surface area contributed by atoms with Crippen LogP contribution in [-0.4, -0.2) is 42.1 Å². The lowest BCUT2D eigenvalue weighted by molar-refractivity contribution is -0.384. The molecule has 1 unspecified atom stereocenters. The van der Waals surface area contributed by atoms with Crippen LogP contribution in [-0.2, 0) is 19.1 Å². The molecule has 0 bridgehead atoms. The third kappa shape index (κ3) is 4.85. The standard InChI is InChI=1S/C12H14ClN3O6/c1-21-10(17)6-3-7(12(18)22-2)14-11-8(16(19)20)4-5-9(13)15-11/h4-5,7H,3,6H2,1-2H3,(H,14,15). The molecule has 9 nitrogen and oxygen atoms in total. The van der Waals surface area contributed by atoms with Crippen molar-refractivity contribution in [2.75, 3.05) is 19.5 Å². The summed E-state index contributed by atoms with van der Waals surface area (Å²) in [6, 6.07) is 1.41. The Hall–Kier alpha value is -2.42. The first-order chi connectivity index (χ1) is 10.4. The third-order valence-corrected chi connectivity index (χ3v) is 2.91. The van der Waals surface area contributed by atoms with Gasteiger partial charge in [-0.15, -0.1) is 0 Å². The molecule has 0 saturated carbocycles. The zero-order valence-corrected chi connectivity index (χ0v) is 12.6. The second kappa shape index (κ2) is 8.13. The molecular formula is C12H14ClN3O6. The van der Waals surface area contributed by atoms with Crippen molar-refractivity contribution in [1.82, 2.24) is 4.98 Å². The van der Waals surface area contributed by atoms with Crippen molar-refractivity contribution in [3.63, 3.8) is 0 Å². The highest BCUT2D eigenvalue weighted by Gasteiger charge is 2.25. The van der Waals surface area contributed by atoms with E-state index < -0.39 is 22.9 Å². The summed E-state index contributed by atoms with van der Waals surface area (Å²) in [7, 11) is 2.38. The summed E-state index contributed by atoms with van der Waals surface area (Å²) in [6.45, 7) is 0. The van der Waals surface area contributed by atoms with E-state index in [1.165, 1.54) is 13.2 Å². The topological polar surface area (TPSA) is 121 Å². The smallest absolute Gasteiger partial charge is 0.328 e. The Bertz CT molecular complexity index is 580. The van der Waals surface area contributed by atoms with Crippen LogP contribution in [0.5, 0.6) is 0 Å². The molecule has 0 aliphatic carbocycles. The number of nitrogens with zero attached hydrogens (tertiary/aromatic N) is 2. The number of anilines is 1. The number of rotatable bonds is 7. The maximum Gasteiger partial charge on any atom is 0.328 e. The van der Waals surface area contributed by atoms with E-state index in [2.05, 4.69) is 19.8 Å². The zero-order valence-electron chi connectivity index (χ0n) is 11.9. The van der Waals surface area contributed by atoms with E-state index in [1.54, 1.807) is 0 Å². The minimum absolute atomic E-state index is 0.0182. The number of hydrogen-bond acceptors (Lipinski definition) is 8. The summed E-state index contributed by atoms with van der Waals surface area (Å²) in [4.78, 5) is 37.0. The number of hydrogen-bond donors (Lipinski definition) is 1. The maximum atomic E-state index is 11.7. The molecule has 1 heterocycles. The minimum atomic E-state index is -1.01. The fourth-order valence-corrected chi connectivity index (χ4v) is 1.75. The molecule has 0 spiro atoms. The normalized spacial score (nSPS) is 11.4. The fourth-order valence-electron chi connectivity index (χ4n) is 1.60. The zero-order chi connectivity index (χ0) is 16.7. The average molecular weight is 332 g/mol. The molecule has 0 amide bonds. The lowest BCUT2D eigenvalue weighted by Gasteiger charge is -2.16. The van der Waals surface area contributed by atoms with Crippen molar-refractivity contribution in [2.24, 2.45) is 0 Å². The average Bonchev–Trinajstić information content (AvgIpc) is 2.49. The number of aromatic nitrogens is 1. The molecule has 1 atom stereocenters. The van der Waals surface area contributed by atoms with Crippen molar-refractivity contribution in [3.8, 4) is 0 Å². The van der Waals surface area contributed by atoms with Crippen LogP contribution in [0.15, 0.2) is 12.1 Å². The SMILES string of the molecule is COC(=O)CCC(Nc1nc(Cl)ccc1[N+](=O)[O-])C(=O)OC. The Morgan fingerprint density at radius 2 is 2.09 bits per heavy atom. The quantitative estimate of drug-likeness (QED) is 0.346. The molecule has 120 valence electrons. The Morgan fingerprint density at radius 3 is 2.64 bits per heavy atom. The molecule has 10 heteroatoms. The van der Waals surface area contributed by atoms with E-state index in [4.69, 9.17) is 11.6 Å². The van der Waals surface area contributed by atoms with Crippen LogP contribution in [0.1, 0.15) is 12.8 Å². The van der Waals surface area contributed by atoms with Crippen molar-refractivity contribution in [3.05, 3.63) is 27.4 Å². The molecular weight excluding hydrogens is 318 g/mol. The van der Waals surface area contributed by atoms with Crippen LogP contribution < -0.4 is 5.32 Å². The molecule has 1 rings (SSSR count). The minimum Gasteiger partial charge on any atom is -0.469 e. The van der Waals surface area contributed by atoms with Gasteiger partial charge in [-0.05, 0) is 12.5 Å². The summed E-state index contributed by atoms with van der Waals surface area (Å²) in [6.07, 6.45) is -0.0532. The second-order valence-electron chi connectivity index (χ2n) is 4.09. The van der Waals surface area contributed by atoms with Gasteiger partial charge in [-0.2, -0.15) is 0 Å². The number of nitro groups is 1. The number of ether oxygens (including phenoxy) is 2. The second-order valence-corrected chi connectivity index (χ2v) is 4.48. The summed E-state index contributed by atoms with van der Waals surface area (Å²) in [5.74, 6) is -1.40. The molecule has 1 aromatic heterocycles. The number of halogens is 1. The fraction of sp³-hybridized carbons (Fsp3) is 0.417. The van der Waals surface area contributed by atoms with Gasteiger partial charge in [0.2, 0.25) is 5.82 Å². The van der Waals surface area contributed by atoms with Gasteiger partial charge in [0, 0.05) is 12.5 Å². The first-order valence-corrected chi connectivity index (χ1v) is 6.49. The van der Waals surface area contributed by atoms with E-state index in [0.29, 0.717) is 0 Å². The Morgan fingerprint density at radius 1 is 1.41 bits per heavy atom. The van der Waals surface area contributed by atoms with Gasteiger partial charge >= 0.3 is 17.6 Å². The van der Waals surface area contributed by atoms with Crippen molar-refractivity contribution < 1.29 is 24.0 Å². The largest absolute Gasteiger partial charge is 0.469 e. The van der Waals surface area contributed by atoms with E-state index in [0.717, 1.165) is 13.2 Å². The highest BCUT2D eigenvalue weighted by molar-refractivity contribution is 6.29. The van der Waals surface area contributed by atoms with Crippen molar-refractivity contribution in [1.29, 1.82) is 0 Å². The van der Waals surface area contributed by atoms with E-state index in [1.807, 2.05) is 0 Å². The number of carbonyl (C=O) groups excluding carboxylic acids is 2. The number of carbonyl (C=O) groups is 2. The van der Waals surface area contributed by atoms with Crippen LogP contribution in [0, 0.1) is 10.1 Å². The summed E-state index contributed by atoms with van der Waals surface area (Å²) in [5.41, 5.74) is -0.351. The molecule has 1 N–H and O–H groups in total. The first kappa shape index (κ1) is 17.6. The van der Waals surface area contributed by atoms with E-state index in [9.17, 15) is 19.7 Å². The van der Waals surface area contributed by atoms with Gasteiger partial charge in [-0.25, -0.2) is 9.78 Å². The van der Waals surface area contributed by atoms with Crippen LogP contribution in [0.4, 0.5) is 11.5 Å². The summed E-state index contributed by atoms with van der Waals surface area (Å²) >= 11 is 5.70. The Balaban J connectivity index is 2.98. The Labute approximate surface area is 130 Å². The highest BCUT2D eigenvalue weighted by Crippen LogP contribution is 2.25. The lowest BCUT2D eigenvalue weighted by atomic mass is 10.1. The number of nitrogens with one attached hydrogen (secondary N) is 1. The molecule has 0 aliphatic rings. The number of pyridine rings is 1. The monoisotopic (exact) mass is 331 g/mol. The lowest BCUT2D eigenvalue weighted by Crippen LogP contribution is -2.32. The molecule has 0 radical (unpaired) electrons. The van der Waals surface area contributed by atoms with Crippen LogP contribution in [0.3, 0.4) is 0 Å². The van der Waals surface area contributed by atoms with Crippen LogP contribution in [0.2, 0.25) is 5.15 Å². The van der Waals surface area contributed by atoms with Gasteiger partial charge in [-0.1, -0.05) is 11.6 Å². The molecule has 1 aromatic rings. The predicted octanol–water partition coefficient (Wildman–Crippen LogP) is 1.55. The summed E-state index contributed by atoms with van der Waals surface area (Å²) in [5, 5.41) is 13.6. The van der Waals surface area contributed by atoms with Crippen molar-refractivity contribution in [2.45, 2.75) is 18.9 Å². The van der Waals surface area contributed by atoms with Gasteiger partial charge < -0.3 is 14.8 Å². The van der Waals surface area contributed by atoms with Gasteiger partial charge in [0.1, 0.15) is 11.2 Å². The molecule has 0 aliphatic heterocycles. The molecule has 0 aromatic carbocycles. The first-order valence-electron chi connectivity index (χ1n) is 6.11. The summed E-state index contributed by atoms with van der Waals surface area (Å²) < 4.78 is 9.08. The third-order valence-electron chi connectivity index (χ3n) is 2.70. The highest BCUT2D eigenvalue weighted by atomic mass is 35.5. The van der Waals surface area contributed by atoms with Crippen LogP contribution >= 0.6 is 11.6 Å². The van der Waals surface area contributed by atoms with Crippen molar-refractivity contribution >= 4 is 35.0 Å². The number of esters is 2. The maximum absolute atomic E-state index is 11.7. The molecule has 0 fully saturated rings. The van der Waals surface area contributed by atoms with Gasteiger partial charge in [0.15, 0.2) is 0 Å².